The molecule has 8 nitrogen and oxygen atoms in total. The number of fused-ring (bicyclic) bond motifs is 1. The van der Waals surface area contributed by atoms with Gasteiger partial charge in [0.2, 0.25) is 6.79 Å². The summed E-state index contributed by atoms with van der Waals surface area (Å²) in [5.74, 6) is -0.246. The zero-order valence-corrected chi connectivity index (χ0v) is 15.7. The van der Waals surface area contributed by atoms with Crippen LogP contribution in [0.3, 0.4) is 0 Å². The standard InChI is InChI=1S/C20H15N3O5S/c24-18(22-23-19(25)13-6-7-15-16(10-13)28-11-27-15)12-3-1-4-14(9-12)21-20(26)17-5-2-8-29-17/h1-10H,11H2,(H,21,26)(H,22,24)(H,23,25). The third-order valence-corrected chi connectivity index (χ3v) is 4.92. The van der Waals surface area contributed by atoms with Crippen molar-refractivity contribution in [2.75, 3.05) is 12.1 Å². The highest BCUT2D eigenvalue weighted by molar-refractivity contribution is 7.12. The van der Waals surface area contributed by atoms with Crippen molar-refractivity contribution >= 4 is 34.7 Å². The third kappa shape index (κ3) is 4.19. The molecule has 0 bridgehead atoms. The van der Waals surface area contributed by atoms with Crippen LogP contribution in [-0.2, 0) is 0 Å². The molecule has 0 saturated carbocycles. The van der Waals surface area contributed by atoms with Crippen molar-refractivity contribution < 1.29 is 23.9 Å². The van der Waals surface area contributed by atoms with Gasteiger partial charge < -0.3 is 14.8 Å². The molecular formula is C20H15N3O5S. The molecule has 1 aliphatic rings. The summed E-state index contributed by atoms with van der Waals surface area (Å²) in [5.41, 5.74) is 5.76. The number of hydrogen-bond acceptors (Lipinski definition) is 6. The summed E-state index contributed by atoms with van der Waals surface area (Å²) >= 11 is 1.32. The van der Waals surface area contributed by atoms with Gasteiger partial charge >= 0.3 is 0 Å². The number of thiophene rings is 1. The van der Waals surface area contributed by atoms with E-state index in [2.05, 4.69) is 16.2 Å². The molecule has 0 radical (unpaired) electrons. The van der Waals surface area contributed by atoms with E-state index in [4.69, 9.17) is 9.47 Å². The first-order valence-corrected chi connectivity index (χ1v) is 9.43. The van der Waals surface area contributed by atoms with E-state index >= 15 is 0 Å². The average molecular weight is 409 g/mol. The summed E-state index contributed by atoms with van der Waals surface area (Å²) in [6.07, 6.45) is 0. The van der Waals surface area contributed by atoms with E-state index in [0.29, 0.717) is 27.6 Å². The molecule has 0 spiro atoms. The summed E-state index contributed by atoms with van der Waals surface area (Å²) in [6, 6.07) is 14.6. The number of anilines is 1. The molecule has 3 amide bonds. The van der Waals surface area contributed by atoms with Gasteiger partial charge in [-0.25, -0.2) is 0 Å². The normalized spacial score (nSPS) is 11.6. The van der Waals surface area contributed by atoms with E-state index < -0.39 is 11.8 Å². The molecule has 0 atom stereocenters. The van der Waals surface area contributed by atoms with Gasteiger partial charge in [-0.3, -0.25) is 25.2 Å². The van der Waals surface area contributed by atoms with Gasteiger partial charge in [-0.1, -0.05) is 12.1 Å². The van der Waals surface area contributed by atoms with E-state index in [9.17, 15) is 14.4 Å². The van der Waals surface area contributed by atoms with Crippen LogP contribution in [0.2, 0.25) is 0 Å². The fourth-order valence-corrected chi connectivity index (χ4v) is 3.25. The van der Waals surface area contributed by atoms with Gasteiger partial charge in [0.05, 0.1) is 4.88 Å². The van der Waals surface area contributed by atoms with Crippen LogP contribution in [0.25, 0.3) is 0 Å². The molecule has 3 aromatic rings. The van der Waals surface area contributed by atoms with Crippen LogP contribution >= 0.6 is 11.3 Å². The van der Waals surface area contributed by atoms with Gasteiger partial charge in [-0.15, -0.1) is 11.3 Å². The zero-order chi connectivity index (χ0) is 20.2. The summed E-state index contributed by atoms with van der Waals surface area (Å²) in [6.45, 7) is 0.108. The first-order chi connectivity index (χ1) is 14.1. The maximum atomic E-state index is 12.4. The Bertz CT molecular complexity index is 1080. The highest BCUT2D eigenvalue weighted by atomic mass is 32.1. The first-order valence-electron chi connectivity index (χ1n) is 8.55. The topological polar surface area (TPSA) is 106 Å². The van der Waals surface area contributed by atoms with E-state index in [1.54, 1.807) is 42.5 Å². The second-order valence-corrected chi connectivity index (χ2v) is 6.94. The fourth-order valence-electron chi connectivity index (χ4n) is 2.63. The van der Waals surface area contributed by atoms with Gasteiger partial charge in [0, 0.05) is 16.8 Å². The van der Waals surface area contributed by atoms with Crippen LogP contribution < -0.4 is 25.6 Å². The molecular weight excluding hydrogens is 394 g/mol. The predicted molar refractivity (Wildman–Crippen MR) is 106 cm³/mol. The number of benzene rings is 2. The van der Waals surface area contributed by atoms with E-state index in [1.807, 2.05) is 5.38 Å². The highest BCUT2D eigenvalue weighted by Crippen LogP contribution is 2.32. The van der Waals surface area contributed by atoms with Crippen molar-refractivity contribution in [3.63, 3.8) is 0 Å². The van der Waals surface area contributed by atoms with Crippen LogP contribution in [0.5, 0.6) is 11.5 Å². The van der Waals surface area contributed by atoms with Crippen molar-refractivity contribution in [3.8, 4) is 11.5 Å². The Labute approximate surface area is 169 Å². The van der Waals surface area contributed by atoms with Crippen molar-refractivity contribution in [1.29, 1.82) is 0 Å². The number of ether oxygens (including phenoxy) is 2. The van der Waals surface area contributed by atoms with Crippen molar-refractivity contribution in [2.24, 2.45) is 0 Å². The monoisotopic (exact) mass is 409 g/mol. The minimum atomic E-state index is -0.522. The number of hydrogen-bond donors (Lipinski definition) is 3. The van der Waals surface area contributed by atoms with Crippen LogP contribution in [0.1, 0.15) is 30.4 Å². The molecule has 1 aliphatic heterocycles. The van der Waals surface area contributed by atoms with E-state index in [1.165, 1.54) is 23.5 Å². The lowest BCUT2D eigenvalue weighted by Crippen LogP contribution is -2.41. The molecule has 9 heteroatoms. The lowest BCUT2D eigenvalue weighted by atomic mass is 10.2. The Morgan fingerprint density at radius 2 is 1.55 bits per heavy atom. The van der Waals surface area contributed by atoms with Gasteiger partial charge in [-0.2, -0.15) is 0 Å². The largest absolute Gasteiger partial charge is 0.454 e. The van der Waals surface area contributed by atoms with Crippen molar-refractivity contribution in [3.05, 3.63) is 76.0 Å². The lowest BCUT2D eigenvalue weighted by molar-refractivity contribution is 0.0846. The van der Waals surface area contributed by atoms with Crippen LogP contribution in [0.4, 0.5) is 5.69 Å². The number of carbonyl (C=O) groups excluding carboxylic acids is 3. The second-order valence-electron chi connectivity index (χ2n) is 5.99. The van der Waals surface area contributed by atoms with Crippen LogP contribution in [0, 0.1) is 0 Å². The van der Waals surface area contributed by atoms with E-state index in [0.717, 1.165) is 0 Å². The molecule has 2 aromatic carbocycles. The SMILES string of the molecule is O=C(NNC(=O)c1ccc2c(c1)OCO2)c1cccc(NC(=O)c2cccs2)c1. The highest BCUT2D eigenvalue weighted by Gasteiger charge is 2.17. The number of amides is 3. The minimum absolute atomic E-state index is 0.108. The van der Waals surface area contributed by atoms with Crippen molar-refractivity contribution in [2.45, 2.75) is 0 Å². The minimum Gasteiger partial charge on any atom is -0.454 e. The third-order valence-electron chi connectivity index (χ3n) is 4.05. The molecule has 2 heterocycles. The van der Waals surface area contributed by atoms with Gasteiger partial charge in [0.25, 0.3) is 17.7 Å². The average Bonchev–Trinajstić information content (AvgIpc) is 3.43. The van der Waals surface area contributed by atoms with Gasteiger partial charge in [0.1, 0.15) is 0 Å². The number of hydrazine groups is 1. The quantitative estimate of drug-likeness (QED) is 0.575. The molecule has 4 rings (SSSR count). The summed E-state index contributed by atoms with van der Waals surface area (Å²) in [7, 11) is 0. The molecule has 0 saturated heterocycles. The van der Waals surface area contributed by atoms with Crippen LogP contribution in [0.15, 0.2) is 60.0 Å². The summed E-state index contributed by atoms with van der Waals surface area (Å²) in [4.78, 5) is 37.3. The number of carbonyl (C=O) groups is 3. The molecule has 0 unspecified atom stereocenters. The summed E-state index contributed by atoms with van der Waals surface area (Å²) < 4.78 is 10.4. The molecule has 0 aliphatic carbocycles. The second kappa shape index (κ2) is 8.03. The molecule has 146 valence electrons. The lowest BCUT2D eigenvalue weighted by Gasteiger charge is -2.09. The molecule has 1 aromatic heterocycles. The van der Waals surface area contributed by atoms with Gasteiger partial charge in [-0.05, 0) is 47.8 Å². The smallest absolute Gasteiger partial charge is 0.269 e. The molecule has 29 heavy (non-hydrogen) atoms. The maximum Gasteiger partial charge on any atom is 0.269 e. The Morgan fingerprint density at radius 1 is 0.793 bits per heavy atom. The zero-order valence-electron chi connectivity index (χ0n) is 14.9. The maximum absolute atomic E-state index is 12.4. The van der Waals surface area contributed by atoms with Gasteiger partial charge in [0.15, 0.2) is 11.5 Å². The number of rotatable bonds is 4. The Kier molecular flexibility index (Phi) is 5.12. The first kappa shape index (κ1) is 18.5. The predicted octanol–water partition coefficient (Wildman–Crippen LogP) is 2.80. The molecule has 3 N–H and O–H groups in total. The Hall–Kier alpha value is -3.85. The van der Waals surface area contributed by atoms with Crippen LogP contribution in [-0.4, -0.2) is 24.5 Å². The number of nitrogens with one attached hydrogen (secondary N) is 3. The Morgan fingerprint density at radius 3 is 2.31 bits per heavy atom. The Balaban J connectivity index is 1.37. The molecule has 0 fully saturated rings. The van der Waals surface area contributed by atoms with Crippen molar-refractivity contribution in [1.82, 2.24) is 10.9 Å². The van der Waals surface area contributed by atoms with E-state index in [-0.39, 0.29) is 18.3 Å². The fraction of sp³-hybridized carbons (Fsp3) is 0.0500. The summed E-state index contributed by atoms with van der Waals surface area (Å²) in [5, 5.41) is 4.54.